The van der Waals surface area contributed by atoms with Crippen LogP contribution in [0.3, 0.4) is 0 Å². The Morgan fingerprint density at radius 2 is 1.92 bits per heavy atom. The lowest BCUT2D eigenvalue weighted by Crippen LogP contribution is -2.08. The molecule has 138 valence electrons. The SMILES string of the molecule is Cc1ccc(C(=O)CCCCS(=O)(=O)c2ccc(C3=NCCO3)cc2)s1. The number of hydrogen-bond acceptors (Lipinski definition) is 6. The maximum Gasteiger partial charge on any atom is 0.216 e. The fourth-order valence-electron chi connectivity index (χ4n) is 2.72. The van der Waals surface area contributed by atoms with Crippen LogP contribution in [-0.4, -0.2) is 39.0 Å². The molecule has 5 nitrogen and oxygen atoms in total. The summed E-state index contributed by atoms with van der Waals surface area (Å²) in [5.41, 5.74) is 0.790. The van der Waals surface area contributed by atoms with Crippen LogP contribution in [-0.2, 0) is 14.6 Å². The highest BCUT2D eigenvalue weighted by atomic mass is 32.2. The second-order valence-corrected chi connectivity index (χ2v) is 9.57. The number of sulfone groups is 1. The topological polar surface area (TPSA) is 72.8 Å². The lowest BCUT2D eigenvalue weighted by Gasteiger charge is -2.06. The average molecular weight is 392 g/mol. The fraction of sp³-hybridized carbons (Fsp3) is 0.368. The number of hydrogen-bond donors (Lipinski definition) is 0. The number of Topliss-reactive ketones (excluding diaryl/α,β-unsaturated/α-hetero) is 1. The molecule has 0 radical (unpaired) electrons. The molecule has 1 aliphatic heterocycles. The predicted molar refractivity (Wildman–Crippen MR) is 103 cm³/mol. The van der Waals surface area contributed by atoms with Crippen molar-refractivity contribution in [3.63, 3.8) is 0 Å². The molecule has 0 saturated carbocycles. The molecule has 1 aromatic heterocycles. The van der Waals surface area contributed by atoms with Crippen LogP contribution in [0.4, 0.5) is 0 Å². The van der Waals surface area contributed by atoms with Gasteiger partial charge in [0.2, 0.25) is 5.90 Å². The average Bonchev–Trinajstić information content (AvgIpc) is 3.30. The first-order chi connectivity index (χ1) is 12.5. The smallest absolute Gasteiger partial charge is 0.216 e. The van der Waals surface area contributed by atoms with E-state index in [9.17, 15) is 13.2 Å². The maximum atomic E-state index is 12.4. The highest BCUT2D eigenvalue weighted by molar-refractivity contribution is 7.91. The van der Waals surface area contributed by atoms with Gasteiger partial charge in [-0.25, -0.2) is 13.4 Å². The van der Waals surface area contributed by atoms with E-state index in [4.69, 9.17) is 4.74 Å². The van der Waals surface area contributed by atoms with E-state index in [1.165, 1.54) is 11.3 Å². The van der Waals surface area contributed by atoms with Crippen LogP contribution < -0.4 is 0 Å². The van der Waals surface area contributed by atoms with E-state index >= 15 is 0 Å². The Bertz CT molecular complexity index is 911. The monoisotopic (exact) mass is 391 g/mol. The summed E-state index contributed by atoms with van der Waals surface area (Å²) in [4.78, 5) is 18.4. The number of carbonyl (C=O) groups is 1. The van der Waals surface area contributed by atoms with Crippen LogP contribution in [0.5, 0.6) is 0 Å². The molecular weight excluding hydrogens is 370 g/mol. The number of unbranched alkanes of at least 4 members (excludes halogenated alkanes) is 1. The van der Waals surface area contributed by atoms with Gasteiger partial charge in [0.05, 0.1) is 22.1 Å². The third-order valence-corrected chi connectivity index (χ3v) is 6.99. The van der Waals surface area contributed by atoms with Gasteiger partial charge < -0.3 is 4.74 Å². The van der Waals surface area contributed by atoms with Gasteiger partial charge in [0, 0.05) is 16.9 Å². The maximum absolute atomic E-state index is 12.4. The van der Waals surface area contributed by atoms with Crippen LogP contribution in [0.1, 0.15) is 39.4 Å². The fourth-order valence-corrected chi connectivity index (χ4v) is 4.92. The minimum Gasteiger partial charge on any atom is -0.476 e. The summed E-state index contributed by atoms with van der Waals surface area (Å²) in [7, 11) is -3.35. The number of thiophene rings is 1. The zero-order valence-corrected chi connectivity index (χ0v) is 16.2. The van der Waals surface area contributed by atoms with Crippen LogP contribution >= 0.6 is 11.3 Å². The lowest BCUT2D eigenvalue weighted by molar-refractivity contribution is 0.0983. The number of carbonyl (C=O) groups excluding carboxylic acids is 1. The van der Waals surface area contributed by atoms with E-state index in [2.05, 4.69) is 4.99 Å². The van der Waals surface area contributed by atoms with E-state index in [1.807, 2.05) is 19.1 Å². The van der Waals surface area contributed by atoms with Crippen molar-refractivity contribution in [2.75, 3.05) is 18.9 Å². The summed E-state index contributed by atoms with van der Waals surface area (Å²) in [5, 5.41) is 0. The molecule has 0 amide bonds. The Hall–Kier alpha value is -1.99. The summed E-state index contributed by atoms with van der Waals surface area (Å²) in [6, 6.07) is 10.4. The van der Waals surface area contributed by atoms with Crippen molar-refractivity contribution >= 4 is 32.9 Å². The van der Waals surface area contributed by atoms with E-state index in [-0.39, 0.29) is 11.5 Å². The lowest BCUT2D eigenvalue weighted by atomic mass is 10.1. The number of ketones is 1. The third-order valence-electron chi connectivity index (χ3n) is 4.13. The van der Waals surface area contributed by atoms with Crippen molar-refractivity contribution in [3.8, 4) is 0 Å². The summed E-state index contributed by atoms with van der Waals surface area (Å²) < 4.78 is 30.3. The standard InChI is InChI=1S/C19H21NO4S2/c1-14-5-10-18(25-14)17(21)4-2-3-13-26(22,23)16-8-6-15(7-9-16)19-20-11-12-24-19/h5-10H,2-4,11-13H2,1H3. The van der Waals surface area contributed by atoms with E-state index in [0.717, 1.165) is 15.3 Å². The Morgan fingerprint density at radius 1 is 1.15 bits per heavy atom. The summed E-state index contributed by atoms with van der Waals surface area (Å²) in [6.45, 7) is 3.17. The second kappa shape index (κ2) is 8.14. The number of aliphatic imine (C=N–C) groups is 1. The van der Waals surface area contributed by atoms with Gasteiger partial charge in [-0.1, -0.05) is 0 Å². The molecule has 26 heavy (non-hydrogen) atoms. The molecule has 7 heteroatoms. The molecule has 0 spiro atoms. The minimum atomic E-state index is -3.35. The van der Waals surface area contributed by atoms with Crippen molar-refractivity contribution in [1.82, 2.24) is 0 Å². The third kappa shape index (κ3) is 4.59. The Labute approximate surface area is 157 Å². The Morgan fingerprint density at radius 3 is 2.54 bits per heavy atom. The Kier molecular flexibility index (Phi) is 5.88. The zero-order valence-electron chi connectivity index (χ0n) is 14.6. The van der Waals surface area contributed by atoms with Crippen molar-refractivity contribution in [2.45, 2.75) is 31.1 Å². The van der Waals surface area contributed by atoms with Gasteiger partial charge in [-0.15, -0.1) is 11.3 Å². The molecule has 0 unspecified atom stereocenters. The predicted octanol–water partition coefficient (Wildman–Crippen LogP) is 3.66. The van der Waals surface area contributed by atoms with Crippen LogP contribution in [0.2, 0.25) is 0 Å². The highest BCUT2D eigenvalue weighted by Crippen LogP contribution is 2.19. The molecule has 0 atom stereocenters. The summed E-state index contributed by atoms with van der Waals surface area (Å²) in [5.74, 6) is 0.694. The van der Waals surface area contributed by atoms with Gasteiger partial charge in [-0.2, -0.15) is 0 Å². The second-order valence-electron chi connectivity index (χ2n) is 6.17. The van der Waals surface area contributed by atoms with Gasteiger partial charge in [0.1, 0.15) is 6.61 Å². The molecule has 0 fully saturated rings. The number of nitrogens with zero attached hydrogens (tertiary/aromatic N) is 1. The first-order valence-electron chi connectivity index (χ1n) is 8.56. The van der Waals surface area contributed by atoms with Crippen LogP contribution in [0, 0.1) is 6.92 Å². The molecule has 0 bridgehead atoms. The van der Waals surface area contributed by atoms with Crippen molar-refractivity contribution in [1.29, 1.82) is 0 Å². The van der Waals surface area contributed by atoms with Crippen LogP contribution in [0.25, 0.3) is 0 Å². The molecule has 0 aliphatic carbocycles. The number of aryl methyl sites for hydroxylation is 1. The quantitative estimate of drug-likeness (QED) is 0.508. The van der Waals surface area contributed by atoms with Crippen molar-refractivity contribution in [2.24, 2.45) is 4.99 Å². The molecule has 0 saturated heterocycles. The normalized spacial score (nSPS) is 14.1. The highest BCUT2D eigenvalue weighted by Gasteiger charge is 2.17. The molecule has 3 rings (SSSR count). The number of ether oxygens (including phenoxy) is 1. The van der Waals surface area contributed by atoms with Gasteiger partial charge in [0.25, 0.3) is 0 Å². The van der Waals surface area contributed by atoms with Crippen LogP contribution in [0.15, 0.2) is 46.3 Å². The van der Waals surface area contributed by atoms with Gasteiger partial charge >= 0.3 is 0 Å². The molecule has 1 aromatic carbocycles. The van der Waals surface area contributed by atoms with Gasteiger partial charge in [0.15, 0.2) is 15.6 Å². The largest absolute Gasteiger partial charge is 0.476 e. The first-order valence-corrected chi connectivity index (χ1v) is 11.0. The van der Waals surface area contributed by atoms with E-state index in [0.29, 0.717) is 43.2 Å². The number of benzene rings is 1. The van der Waals surface area contributed by atoms with Gasteiger partial charge in [-0.05, 0) is 56.2 Å². The minimum absolute atomic E-state index is 0.0422. The van der Waals surface area contributed by atoms with Crippen molar-refractivity contribution < 1.29 is 17.9 Å². The first kappa shape index (κ1) is 18.8. The summed E-state index contributed by atoms with van der Waals surface area (Å²) in [6.07, 6.45) is 1.42. The van der Waals surface area contributed by atoms with E-state index < -0.39 is 9.84 Å². The Balaban J connectivity index is 1.51. The molecule has 2 aromatic rings. The van der Waals surface area contributed by atoms with E-state index in [1.54, 1.807) is 24.3 Å². The van der Waals surface area contributed by atoms with Crippen molar-refractivity contribution in [3.05, 3.63) is 51.7 Å². The molecular formula is C19H21NO4S2. The summed E-state index contributed by atoms with van der Waals surface area (Å²) >= 11 is 1.48. The molecule has 2 heterocycles. The molecule has 1 aliphatic rings. The molecule has 0 N–H and O–H groups in total. The van der Waals surface area contributed by atoms with Gasteiger partial charge in [-0.3, -0.25) is 4.79 Å². The zero-order chi connectivity index (χ0) is 18.6. The number of rotatable bonds is 8.